The van der Waals surface area contributed by atoms with Gasteiger partial charge >= 0.3 is 0 Å². The van der Waals surface area contributed by atoms with Crippen LogP contribution in [0.15, 0.2) is 24.3 Å². The third-order valence-corrected chi connectivity index (χ3v) is 2.83. The predicted molar refractivity (Wildman–Crippen MR) is 76.7 cm³/mol. The van der Waals surface area contributed by atoms with E-state index >= 15 is 0 Å². The smallest absolute Gasteiger partial charge is 0.224 e. The number of hydrogen-bond acceptors (Lipinski definition) is 2. The average Bonchev–Trinajstić information content (AvgIpc) is 2.38. The van der Waals surface area contributed by atoms with Crippen LogP contribution in [0, 0.1) is 5.82 Å². The molecule has 4 heteroatoms. The third-order valence-electron chi connectivity index (χ3n) is 2.83. The number of anilines is 1. The van der Waals surface area contributed by atoms with Gasteiger partial charge in [-0.15, -0.1) is 0 Å². The van der Waals surface area contributed by atoms with Crippen LogP contribution in [0.25, 0.3) is 0 Å². The Balaban J connectivity index is 2.36. The van der Waals surface area contributed by atoms with Crippen molar-refractivity contribution < 1.29 is 9.18 Å². The lowest BCUT2D eigenvalue weighted by atomic mass is 10.2. The second kappa shape index (κ2) is 8.51. The molecule has 106 valence electrons. The summed E-state index contributed by atoms with van der Waals surface area (Å²) in [4.78, 5) is 13.9. The fraction of sp³-hybridized carbons (Fsp3) is 0.533. The van der Waals surface area contributed by atoms with E-state index in [0.717, 1.165) is 25.9 Å². The average molecular weight is 266 g/mol. The maximum Gasteiger partial charge on any atom is 0.224 e. The van der Waals surface area contributed by atoms with Crippen molar-refractivity contribution in [2.75, 3.05) is 25.0 Å². The summed E-state index contributed by atoms with van der Waals surface area (Å²) in [6.07, 6.45) is 2.39. The Labute approximate surface area is 114 Å². The first-order chi connectivity index (χ1) is 9.17. The number of amides is 1. The van der Waals surface area contributed by atoms with Gasteiger partial charge < -0.3 is 10.2 Å². The largest absolute Gasteiger partial charge is 0.384 e. The fourth-order valence-electron chi connectivity index (χ4n) is 1.97. The van der Waals surface area contributed by atoms with Gasteiger partial charge in [-0.3, -0.25) is 4.79 Å². The molecule has 3 nitrogen and oxygen atoms in total. The molecule has 1 rings (SSSR count). The van der Waals surface area contributed by atoms with Crippen LogP contribution >= 0.6 is 0 Å². The summed E-state index contributed by atoms with van der Waals surface area (Å²) >= 11 is 0. The van der Waals surface area contributed by atoms with E-state index in [0.29, 0.717) is 18.7 Å². The molecular formula is C15H23FN2O. The molecule has 0 saturated heterocycles. The Bertz CT molecular complexity index is 389. The van der Waals surface area contributed by atoms with Crippen molar-refractivity contribution >= 4 is 11.6 Å². The number of carbonyl (C=O) groups excluding carboxylic acids is 1. The molecule has 0 heterocycles. The molecule has 1 amide bonds. The zero-order valence-corrected chi connectivity index (χ0v) is 11.8. The summed E-state index contributed by atoms with van der Waals surface area (Å²) in [5.41, 5.74) is 0.713. The number of rotatable bonds is 8. The van der Waals surface area contributed by atoms with Crippen LogP contribution in [-0.2, 0) is 4.79 Å². The van der Waals surface area contributed by atoms with E-state index in [1.807, 2.05) is 4.90 Å². The van der Waals surface area contributed by atoms with Gasteiger partial charge in [-0.25, -0.2) is 4.39 Å². The van der Waals surface area contributed by atoms with E-state index < -0.39 is 0 Å². The second-order valence-electron chi connectivity index (χ2n) is 4.57. The Morgan fingerprint density at radius 1 is 1.26 bits per heavy atom. The highest BCUT2D eigenvalue weighted by Crippen LogP contribution is 2.09. The molecule has 1 aromatic rings. The van der Waals surface area contributed by atoms with E-state index in [9.17, 15) is 9.18 Å². The standard InChI is InChI=1S/C15H23FN2O/c1-3-10-18(11-4-2)15(19)8-9-17-14-7-5-6-13(16)12-14/h5-7,12,17H,3-4,8-11H2,1-2H3. The first-order valence-electron chi connectivity index (χ1n) is 6.94. The fourth-order valence-corrected chi connectivity index (χ4v) is 1.97. The number of benzene rings is 1. The van der Waals surface area contributed by atoms with Crippen LogP contribution in [0.3, 0.4) is 0 Å². The molecule has 0 saturated carbocycles. The first-order valence-corrected chi connectivity index (χ1v) is 6.94. The highest BCUT2D eigenvalue weighted by molar-refractivity contribution is 5.76. The van der Waals surface area contributed by atoms with Gasteiger partial charge in [0, 0.05) is 31.7 Å². The van der Waals surface area contributed by atoms with Gasteiger partial charge in [0.1, 0.15) is 5.82 Å². The highest BCUT2D eigenvalue weighted by Gasteiger charge is 2.10. The maximum absolute atomic E-state index is 13.0. The molecule has 1 N–H and O–H groups in total. The summed E-state index contributed by atoms with van der Waals surface area (Å²) < 4.78 is 13.0. The van der Waals surface area contributed by atoms with Gasteiger partial charge in [-0.1, -0.05) is 19.9 Å². The lowest BCUT2D eigenvalue weighted by molar-refractivity contribution is -0.131. The molecule has 0 unspecified atom stereocenters. The molecule has 0 aliphatic heterocycles. The van der Waals surface area contributed by atoms with Crippen LogP contribution in [0.2, 0.25) is 0 Å². The van der Waals surface area contributed by atoms with Gasteiger partial charge in [0.25, 0.3) is 0 Å². The number of halogens is 1. The van der Waals surface area contributed by atoms with Gasteiger partial charge in [0.05, 0.1) is 0 Å². The van der Waals surface area contributed by atoms with Crippen LogP contribution in [-0.4, -0.2) is 30.4 Å². The highest BCUT2D eigenvalue weighted by atomic mass is 19.1. The van der Waals surface area contributed by atoms with Crippen molar-refractivity contribution in [2.45, 2.75) is 33.1 Å². The maximum atomic E-state index is 13.0. The summed E-state index contributed by atoms with van der Waals surface area (Å²) in [6, 6.07) is 6.28. The molecule has 0 spiro atoms. The normalized spacial score (nSPS) is 10.3. The number of hydrogen-bond donors (Lipinski definition) is 1. The van der Waals surface area contributed by atoms with Crippen molar-refractivity contribution in [3.8, 4) is 0 Å². The minimum Gasteiger partial charge on any atom is -0.384 e. The Morgan fingerprint density at radius 2 is 1.95 bits per heavy atom. The van der Waals surface area contributed by atoms with Crippen LogP contribution in [0.5, 0.6) is 0 Å². The van der Waals surface area contributed by atoms with Crippen molar-refractivity contribution in [1.29, 1.82) is 0 Å². The van der Waals surface area contributed by atoms with Crippen molar-refractivity contribution in [3.63, 3.8) is 0 Å². The molecule has 0 fully saturated rings. The van der Waals surface area contributed by atoms with Crippen LogP contribution < -0.4 is 5.32 Å². The zero-order chi connectivity index (χ0) is 14.1. The topological polar surface area (TPSA) is 32.3 Å². The van der Waals surface area contributed by atoms with Gasteiger partial charge in [0.2, 0.25) is 5.91 Å². The summed E-state index contributed by atoms with van der Waals surface area (Å²) in [6.45, 7) is 6.30. The van der Waals surface area contributed by atoms with Crippen LogP contribution in [0.1, 0.15) is 33.1 Å². The predicted octanol–water partition coefficient (Wildman–Crippen LogP) is 3.28. The number of carbonyl (C=O) groups is 1. The van der Waals surface area contributed by atoms with Crippen molar-refractivity contribution in [3.05, 3.63) is 30.1 Å². The monoisotopic (exact) mass is 266 g/mol. The molecule has 1 aromatic carbocycles. The molecule has 0 aliphatic carbocycles. The SMILES string of the molecule is CCCN(CCC)C(=O)CCNc1cccc(F)c1. The first kappa shape index (κ1) is 15.5. The summed E-state index contributed by atoms with van der Waals surface area (Å²) in [5, 5.41) is 3.07. The molecular weight excluding hydrogens is 243 g/mol. The van der Waals surface area contributed by atoms with Crippen molar-refractivity contribution in [1.82, 2.24) is 4.90 Å². The Kier molecular flexibility index (Phi) is 6.93. The molecule has 0 aliphatic rings. The quantitative estimate of drug-likeness (QED) is 0.783. The number of nitrogens with one attached hydrogen (secondary N) is 1. The number of nitrogens with zero attached hydrogens (tertiary/aromatic N) is 1. The van der Waals surface area contributed by atoms with Crippen LogP contribution in [0.4, 0.5) is 10.1 Å². The Hall–Kier alpha value is -1.58. The lowest BCUT2D eigenvalue weighted by Crippen LogP contribution is -2.33. The molecule has 0 radical (unpaired) electrons. The molecule has 19 heavy (non-hydrogen) atoms. The third kappa shape index (κ3) is 5.73. The van der Waals surface area contributed by atoms with Crippen molar-refractivity contribution in [2.24, 2.45) is 0 Å². The minimum absolute atomic E-state index is 0.160. The van der Waals surface area contributed by atoms with Gasteiger partial charge in [0.15, 0.2) is 0 Å². The molecule has 0 aromatic heterocycles. The van der Waals surface area contributed by atoms with E-state index in [2.05, 4.69) is 19.2 Å². The van der Waals surface area contributed by atoms with E-state index in [-0.39, 0.29) is 11.7 Å². The van der Waals surface area contributed by atoms with E-state index in [4.69, 9.17) is 0 Å². The zero-order valence-electron chi connectivity index (χ0n) is 11.8. The van der Waals surface area contributed by atoms with E-state index in [1.165, 1.54) is 12.1 Å². The Morgan fingerprint density at radius 3 is 2.53 bits per heavy atom. The lowest BCUT2D eigenvalue weighted by Gasteiger charge is -2.21. The second-order valence-corrected chi connectivity index (χ2v) is 4.57. The molecule has 0 bridgehead atoms. The summed E-state index contributed by atoms with van der Waals surface area (Å²) in [7, 11) is 0. The van der Waals surface area contributed by atoms with Gasteiger partial charge in [-0.2, -0.15) is 0 Å². The molecule has 0 atom stereocenters. The minimum atomic E-state index is -0.269. The van der Waals surface area contributed by atoms with Gasteiger partial charge in [-0.05, 0) is 31.0 Å². The summed E-state index contributed by atoms with van der Waals surface area (Å²) in [5.74, 6) is -0.109. The van der Waals surface area contributed by atoms with E-state index in [1.54, 1.807) is 12.1 Å².